The Morgan fingerprint density at radius 1 is 1.27 bits per heavy atom. The van der Waals surface area contributed by atoms with E-state index in [9.17, 15) is 14.7 Å². The molecule has 0 spiro atoms. The van der Waals surface area contributed by atoms with Crippen molar-refractivity contribution < 1.29 is 29.1 Å². The number of aromatic nitrogens is 1. The highest BCUT2D eigenvalue weighted by atomic mass is 16.5. The Morgan fingerprint density at radius 2 is 2.06 bits per heavy atom. The molecule has 8 nitrogen and oxygen atoms in total. The summed E-state index contributed by atoms with van der Waals surface area (Å²) >= 11 is 0. The fraction of sp³-hybridized carbons (Fsp3) is 0.400. The number of nitrogens with one attached hydrogen (secondary N) is 1. The lowest BCUT2D eigenvalue weighted by molar-refractivity contribution is -0.908. The zero-order chi connectivity index (χ0) is 23.4. The molecule has 2 aromatic rings. The van der Waals surface area contributed by atoms with Gasteiger partial charge in [-0.05, 0) is 41.8 Å². The summed E-state index contributed by atoms with van der Waals surface area (Å²) in [6.45, 7) is 6.46. The quantitative estimate of drug-likeness (QED) is 0.360. The van der Waals surface area contributed by atoms with Gasteiger partial charge in [0.15, 0.2) is 0 Å². The van der Waals surface area contributed by atoms with E-state index in [2.05, 4.69) is 4.98 Å². The summed E-state index contributed by atoms with van der Waals surface area (Å²) in [6.07, 6.45) is 3.97. The number of ketones is 1. The summed E-state index contributed by atoms with van der Waals surface area (Å²) < 4.78 is 10.7. The number of aryl methyl sites for hydroxylation is 1. The van der Waals surface area contributed by atoms with Gasteiger partial charge in [0.2, 0.25) is 5.78 Å². The van der Waals surface area contributed by atoms with Gasteiger partial charge in [0, 0.05) is 30.9 Å². The summed E-state index contributed by atoms with van der Waals surface area (Å²) in [4.78, 5) is 33.2. The van der Waals surface area contributed by atoms with Crippen molar-refractivity contribution in [3.05, 3.63) is 65.0 Å². The molecule has 2 fully saturated rings. The van der Waals surface area contributed by atoms with E-state index in [-0.39, 0.29) is 5.57 Å². The molecule has 0 aliphatic carbocycles. The lowest BCUT2D eigenvalue weighted by atomic mass is 9.95. The highest BCUT2D eigenvalue weighted by Gasteiger charge is 2.44. The Bertz CT molecular complexity index is 1050. The van der Waals surface area contributed by atoms with Gasteiger partial charge in [0.25, 0.3) is 5.91 Å². The third kappa shape index (κ3) is 4.77. The van der Waals surface area contributed by atoms with Crippen molar-refractivity contribution in [2.45, 2.75) is 19.4 Å². The zero-order valence-electron chi connectivity index (χ0n) is 19.0. The van der Waals surface area contributed by atoms with E-state index >= 15 is 0 Å². The Hall–Kier alpha value is -3.23. The molecule has 0 radical (unpaired) electrons. The van der Waals surface area contributed by atoms with Crippen LogP contribution in [0.3, 0.4) is 0 Å². The third-order valence-corrected chi connectivity index (χ3v) is 6.32. The lowest BCUT2D eigenvalue weighted by Crippen LogP contribution is -3.14. The minimum atomic E-state index is -0.742. The molecule has 0 bridgehead atoms. The second kappa shape index (κ2) is 10.1. The molecule has 2 aliphatic rings. The second-order valence-corrected chi connectivity index (χ2v) is 8.41. The minimum absolute atomic E-state index is 0.0173. The number of likely N-dealkylation sites (tertiary alicyclic amines) is 1. The lowest BCUT2D eigenvalue weighted by Gasteiger charge is -2.28. The van der Waals surface area contributed by atoms with Crippen molar-refractivity contribution in [2.75, 3.05) is 46.5 Å². The summed E-state index contributed by atoms with van der Waals surface area (Å²) in [5.74, 6) is -1.15. The van der Waals surface area contributed by atoms with E-state index in [4.69, 9.17) is 9.47 Å². The summed E-state index contributed by atoms with van der Waals surface area (Å²) in [7, 11) is 1.56. The molecule has 8 heteroatoms. The van der Waals surface area contributed by atoms with Crippen LogP contribution in [-0.2, 0) is 14.3 Å². The largest absolute Gasteiger partial charge is 0.872 e. The zero-order valence-corrected chi connectivity index (χ0v) is 19.0. The fourth-order valence-electron chi connectivity index (χ4n) is 4.57. The van der Waals surface area contributed by atoms with Crippen molar-refractivity contribution >= 4 is 17.4 Å². The predicted molar refractivity (Wildman–Crippen MR) is 119 cm³/mol. The Morgan fingerprint density at radius 3 is 2.73 bits per heavy atom. The number of carbonyl (C=O) groups is 2. The molecule has 4 rings (SSSR count). The Kier molecular flexibility index (Phi) is 7.05. The molecule has 2 saturated heterocycles. The molecule has 3 heterocycles. The van der Waals surface area contributed by atoms with Gasteiger partial charge in [-0.15, -0.1) is 0 Å². The van der Waals surface area contributed by atoms with Crippen LogP contribution in [0.25, 0.3) is 5.76 Å². The number of quaternary nitrogens is 1. The first-order valence-electron chi connectivity index (χ1n) is 11.2. The van der Waals surface area contributed by atoms with Crippen LogP contribution < -0.4 is 14.7 Å². The van der Waals surface area contributed by atoms with Crippen molar-refractivity contribution in [3.63, 3.8) is 0 Å². The highest BCUT2D eigenvalue weighted by Crippen LogP contribution is 2.38. The van der Waals surface area contributed by atoms with Gasteiger partial charge < -0.3 is 24.4 Å². The maximum absolute atomic E-state index is 13.5. The van der Waals surface area contributed by atoms with Crippen molar-refractivity contribution in [1.82, 2.24) is 9.88 Å². The van der Waals surface area contributed by atoms with Crippen LogP contribution in [0.15, 0.2) is 48.3 Å². The van der Waals surface area contributed by atoms with Gasteiger partial charge in [0.05, 0.1) is 32.9 Å². The molecular weight excluding hydrogens is 422 g/mol. The number of benzene rings is 1. The van der Waals surface area contributed by atoms with Crippen molar-refractivity contribution in [2.24, 2.45) is 0 Å². The van der Waals surface area contributed by atoms with E-state index in [1.165, 1.54) is 9.80 Å². The standard InChI is InChI=1S/C25H29N3O5/c1-17-15-18(6-7-20(17)32-2)23(29)21-22(19-5-3-8-26-16-19)28(25(31)24(21)30)10-4-9-27-11-13-33-14-12-27/h3,5-8,15-16,22,29H,4,9-14H2,1-2H3. The molecule has 33 heavy (non-hydrogen) atoms. The molecule has 1 aromatic heterocycles. The number of carbonyl (C=O) groups excluding carboxylic acids is 2. The van der Waals surface area contributed by atoms with Crippen molar-refractivity contribution in [1.29, 1.82) is 0 Å². The number of rotatable bonds is 7. The molecule has 174 valence electrons. The SMILES string of the molecule is COc1ccc(C([O-])=C2C(=O)C(=O)N(CCC[NH+]3CCOCC3)C2c2cccnc2)cc1C. The first-order chi connectivity index (χ1) is 16.0. The number of nitrogens with zero attached hydrogens (tertiary/aromatic N) is 2. The molecule has 1 N–H and O–H groups in total. The van der Waals surface area contributed by atoms with Crippen LogP contribution in [-0.4, -0.2) is 68.1 Å². The Balaban J connectivity index is 1.66. The number of amides is 1. The van der Waals surface area contributed by atoms with Crippen LogP contribution in [0.5, 0.6) is 5.75 Å². The number of hydrogen-bond donors (Lipinski definition) is 1. The number of morpholine rings is 1. The van der Waals surface area contributed by atoms with Crippen LogP contribution in [0.4, 0.5) is 0 Å². The summed E-state index contributed by atoms with van der Waals surface area (Å²) in [5, 5.41) is 13.5. The fourth-order valence-corrected chi connectivity index (χ4v) is 4.57. The molecular formula is C25H29N3O5. The van der Waals surface area contributed by atoms with Gasteiger partial charge in [0.1, 0.15) is 18.8 Å². The first kappa shape index (κ1) is 22.9. The number of pyridine rings is 1. The number of methoxy groups -OCH3 is 1. The van der Waals surface area contributed by atoms with Crippen LogP contribution in [0.2, 0.25) is 0 Å². The Labute approximate surface area is 193 Å². The van der Waals surface area contributed by atoms with E-state index < -0.39 is 23.5 Å². The maximum atomic E-state index is 13.5. The molecule has 0 saturated carbocycles. The molecule has 1 aromatic carbocycles. The molecule has 1 amide bonds. The average Bonchev–Trinajstić information content (AvgIpc) is 3.10. The predicted octanol–water partition coefficient (Wildman–Crippen LogP) is -0.0722. The van der Waals surface area contributed by atoms with Crippen LogP contribution in [0, 0.1) is 6.92 Å². The normalized spacial score (nSPS) is 20.9. The summed E-state index contributed by atoms with van der Waals surface area (Å²) in [6, 6.07) is 7.83. The second-order valence-electron chi connectivity index (χ2n) is 8.41. The molecule has 1 atom stereocenters. The average molecular weight is 452 g/mol. The van der Waals surface area contributed by atoms with E-state index in [1.807, 2.05) is 6.92 Å². The monoisotopic (exact) mass is 451 g/mol. The van der Waals surface area contributed by atoms with Gasteiger partial charge in [-0.1, -0.05) is 17.9 Å². The smallest absolute Gasteiger partial charge is 0.295 e. The first-order valence-corrected chi connectivity index (χ1v) is 11.2. The van der Waals surface area contributed by atoms with Gasteiger partial charge in [-0.25, -0.2) is 0 Å². The van der Waals surface area contributed by atoms with Gasteiger partial charge in [-0.3, -0.25) is 14.6 Å². The van der Waals surface area contributed by atoms with Crippen LogP contribution in [0.1, 0.15) is 29.2 Å². The highest BCUT2D eigenvalue weighted by molar-refractivity contribution is 6.46. The summed E-state index contributed by atoms with van der Waals surface area (Å²) in [5.41, 5.74) is 1.78. The van der Waals surface area contributed by atoms with E-state index in [0.29, 0.717) is 23.4 Å². The van der Waals surface area contributed by atoms with Crippen molar-refractivity contribution in [3.8, 4) is 5.75 Å². The van der Waals surface area contributed by atoms with E-state index in [0.717, 1.165) is 44.8 Å². The number of ether oxygens (including phenoxy) is 2. The van der Waals surface area contributed by atoms with Gasteiger partial charge in [-0.2, -0.15) is 0 Å². The topological polar surface area (TPSA) is 96.2 Å². The number of hydrogen-bond acceptors (Lipinski definition) is 6. The van der Waals surface area contributed by atoms with E-state index in [1.54, 1.807) is 49.8 Å². The van der Waals surface area contributed by atoms with Gasteiger partial charge >= 0.3 is 0 Å². The maximum Gasteiger partial charge on any atom is 0.295 e. The molecule has 2 aliphatic heterocycles. The molecule has 1 unspecified atom stereocenters. The van der Waals surface area contributed by atoms with Crippen LogP contribution >= 0.6 is 0 Å². The third-order valence-electron chi connectivity index (χ3n) is 6.32. The minimum Gasteiger partial charge on any atom is -0.872 e. The number of Topliss-reactive ketones (excluding diaryl/α,β-unsaturated/α-hetero) is 1.